The fourth-order valence-corrected chi connectivity index (χ4v) is 3.76. The number of benzene rings is 2. The third kappa shape index (κ3) is 4.62. The highest BCUT2D eigenvalue weighted by molar-refractivity contribution is 5.86. The van der Waals surface area contributed by atoms with Crippen LogP contribution in [0.5, 0.6) is 0 Å². The number of amides is 2. The number of carboxylic acids is 1. The van der Waals surface area contributed by atoms with Gasteiger partial charge in [0.05, 0.1) is 6.42 Å². The second kappa shape index (κ2) is 9.43. The second-order valence-corrected chi connectivity index (χ2v) is 7.33. The predicted octanol–water partition coefficient (Wildman–Crippen LogP) is 3.24. The minimum Gasteiger partial charge on any atom is -0.481 e. The molecular formula is C23H26N2O5. The Morgan fingerprint density at radius 1 is 1.07 bits per heavy atom. The van der Waals surface area contributed by atoms with Gasteiger partial charge in [-0.25, -0.2) is 4.79 Å². The SMILES string of the molecule is CC[C@H](NC(=O)OCC1c2ccccc2-c2ccccc21)C(=O)N(C)CCC(=O)O. The van der Waals surface area contributed by atoms with Crippen LogP contribution in [0.15, 0.2) is 48.5 Å². The van der Waals surface area contributed by atoms with Crippen molar-refractivity contribution in [3.63, 3.8) is 0 Å². The molecule has 158 valence electrons. The number of alkyl carbamates (subject to hydrolysis) is 1. The molecule has 0 aliphatic heterocycles. The van der Waals surface area contributed by atoms with Crippen molar-refractivity contribution in [2.75, 3.05) is 20.2 Å². The molecule has 30 heavy (non-hydrogen) atoms. The summed E-state index contributed by atoms with van der Waals surface area (Å²) in [5.74, 6) is -1.38. The minimum atomic E-state index is -0.979. The van der Waals surface area contributed by atoms with Crippen LogP contribution in [0.4, 0.5) is 4.79 Å². The molecule has 2 N–H and O–H groups in total. The number of carbonyl (C=O) groups is 3. The normalized spacial score (nSPS) is 13.1. The van der Waals surface area contributed by atoms with Gasteiger partial charge >= 0.3 is 12.1 Å². The molecule has 1 aliphatic rings. The van der Waals surface area contributed by atoms with Crippen molar-refractivity contribution in [1.29, 1.82) is 0 Å². The fraction of sp³-hybridized carbons (Fsp3) is 0.348. The van der Waals surface area contributed by atoms with Crippen molar-refractivity contribution in [1.82, 2.24) is 10.2 Å². The molecule has 7 nitrogen and oxygen atoms in total. The number of nitrogens with one attached hydrogen (secondary N) is 1. The minimum absolute atomic E-state index is 0.0582. The maximum absolute atomic E-state index is 12.5. The van der Waals surface area contributed by atoms with Crippen molar-refractivity contribution in [3.05, 3.63) is 59.7 Å². The summed E-state index contributed by atoms with van der Waals surface area (Å²) in [6, 6.07) is 15.4. The van der Waals surface area contributed by atoms with Gasteiger partial charge in [0.1, 0.15) is 12.6 Å². The molecule has 0 radical (unpaired) electrons. The quantitative estimate of drug-likeness (QED) is 0.697. The van der Waals surface area contributed by atoms with E-state index in [0.29, 0.717) is 6.42 Å². The van der Waals surface area contributed by atoms with Crippen molar-refractivity contribution >= 4 is 18.0 Å². The Labute approximate surface area is 175 Å². The Hall–Kier alpha value is -3.35. The Kier molecular flexibility index (Phi) is 6.72. The second-order valence-electron chi connectivity index (χ2n) is 7.33. The molecule has 0 heterocycles. The monoisotopic (exact) mass is 410 g/mol. The van der Waals surface area contributed by atoms with E-state index in [2.05, 4.69) is 17.4 Å². The summed E-state index contributed by atoms with van der Waals surface area (Å²) in [5, 5.41) is 11.4. The number of rotatable bonds is 8. The Morgan fingerprint density at radius 3 is 2.17 bits per heavy atom. The van der Waals surface area contributed by atoms with E-state index < -0.39 is 18.1 Å². The van der Waals surface area contributed by atoms with Crippen LogP contribution in [0.1, 0.15) is 36.8 Å². The first kappa shape index (κ1) is 21.4. The molecule has 1 aliphatic carbocycles. The van der Waals surface area contributed by atoms with Crippen LogP contribution in [0.2, 0.25) is 0 Å². The topological polar surface area (TPSA) is 95.9 Å². The van der Waals surface area contributed by atoms with Crippen LogP contribution in [0, 0.1) is 0 Å². The number of aliphatic carboxylic acids is 1. The number of likely N-dealkylation sites (N-methyl/N-ethyl adjacent to an activating group) is 1. The van der Waals surface area contributed by atoms with Gasteiger partial charge in [-0.1, -0.05) is 55.5 Å². The largest absolute Gasteiger partial charge is 0.481 e. The molecule has 1 atom stereocenters. The summed E-state index contributed by atoms with van der Waals surface area (Å²) >= 11 is 0. The lowest BCUT2D eigenvalue weighted by molar-refractivity contribution is -0.138. The third-order valence-corrected chi connectivity index (χ3v) is 5.38. The van der Waals surface area contributed by atoms with Gasteiger partial charge in [-0.3, -0.25) is 9.59 Å². The van der Waals surface area contributed by atoms with Crippen molar-refractivity contribution < 1.29 is 24.2 Å². The van der Waals surface area contributed by atoms with E-state index in [9.17, 15) is 14.4 Å². The Balaban J connectivity index is 1.61. The number of hydrogen-bond acceptors (Lipinski definition) is 4. The molecule has 0 aromatic heterocycles. The number of fused-ring (bicyclic) bond motifs is 3. The lowest BCUT2D eigenvalue weighted by Crippen LogP contribution is -2.47. The fourth-order valence-electron chi connectivity index (χ4n) is 3.76. The highest BCUT2D eigenvalue weighted by Crippen LogP contribution is 2.44. The molecule has 0 bridgehead atoms. The van der Waals surface area contributed by atoms with Crippen molar-refractivity contribution in [2.24, 2.45) is 0 Å². The molecule has 0 spiro atoms. The van der Waals surface area contributed by atoms with Crippen LogP contribution in [0.3, 0.4) is 0 Å². The lowest BCUT2D eigenvalue weighted by atomic mass is 9.98. The van der Waals surface area contributed by atoms with Gasteiger partial charge in [0.15, 0.2) is 0 Å². The zero-order valence-electron chi connectivity index (χ0n) is 17.1. The van der Waals surface area contributed by atoms with E-state index in [1.54, 1.807) is 6.92 Å². The van der Waals surface area contributed by atoms with Gasteiger partial charge < -0.3 is 20.1 Å². The summed E-state index contributed by atoms with van der Waals surface area (Å²) in [6.45, 7) is 2.02. The molecule has 0 unspecified atom stereocenters. The maximum atomic E-state index is 12.5. The molecule has 7 heteroatoms. The van der Waals surface area contributed by atoms with Crippen LogP contribution >= 0.6 is 0 Å². The number of ether oxygens (including phenoxy) is 1. The molecule has 0 saturated carbocycles. The summed E-state index contributed by atoms with van der Waals surface area (Å²) in [5.41, 5.74) is 4.51. The molecule has 2 aromatic rings. The van der Waals surface area contributed by atoms with Gasteiger partial charge in [-0.05, 0) is 28.7 Å². The highest BCUT2D eigenvalue weighted by atomic mass is 16.5. The van der Waals surface area contributed by atoms with E-state index >= 15 is 0 Å². The summed E-state index contributed by atoms with van der Waals surface area (Å²) in [4.78, 5) is 36.9. The van der Waals surface area contributed by atoms with Crippen LogP contribution < -0.4 is 5.32 Å². The lowest BCUT2D eigenvalue weighted by Gasteiger charge is -2.23. The molecule has 3 rings (SSSR count). The zero-order chi connectivity index (χ0) is 21.7. The molecule has 0 fully saturated rings. The van der Waals surface area contributed by atoms with E-state index in [-0.39, 0.29) is 31.4 Å². The van der Waals surface area contributed by atoms with E-state index in [1.807, 2.05) is 36.4 Å². The molecule has 2 amide bonds. The first-order valence-electron chi connectivity index (χ1n) is 10.0. The molecule has 0 saturated heterocycles. The molecule has 2 aromatic carbocycles. The molecular weight excluding hydrogens is 384 g/mol. The van der Waals surface area contributed by atoms with Crippen molar-refractivity contribution in [2.45, 2.75) is 31.7 Å². The zero-order valence-corrected chi connectivity index (χ0v) is 17.1. The van der Waals surface area contributed by atoms with E-state index in [0.717, 1.165) is 22.3 Å². The highest BCUT2D eigenvalue weighted by Gasteiger charge is 2.30. The van der Waals surface area contributed by atoms with Crippen LogP contribution in [-0.4, -0.2) is 54.2 Å². The number of carbonyl (C=O) groups excluding carboxylic acids is 2. The predicted molar refractivity (Wildman–Crippen MR) is 112 cm³/mol. The standard InChI is InChI=1S/C23H26N2O5/c1-3-20(22(28)25(2)13-12-21(26)27)24-23(29)30-14-19-17-10-6-4-8-15(17)16-9-5-7-11-18(16)19/h4-11,19-20H,3,12-14H2,1-2H3,(H,24,29)(H,26,27)/t20-/m0/s1. The first-order valence-corrected chi connectivity index (χ1v) is 10.0. The van der Waals surface area contributed by atoms with Gasteiger partial charge in [0, 0.05) is 19.5 Å². The van der Waals surface area contributed by atoms with Gasteiger partial charge in [0.25, 0.3) is 0 Å². The average molecular weight is 410 g/mol. The van der Waals surface area contributed by atoms with E-state index in [4.69, 9.17) is 9.84 Å². The van der Waals surface area contributed by atoms with Crippen LogP contribution in [0.25, 0.3) is 11.1 Å². The van der Waals surface area contributed by atoms with Gasteiger partial charge in [0.2, 0.25) is 5.91 Å². The smallest absolute Gasteiger partial charge is 0.407 e. The number of nitrogens with zero attached hydrogens (tertiary/aromatic N) is 1. The Bertz CT molecular complexity index is 897. The number of hydrogen-bond donors (Lipinski definition) is 2. The third-order valence-electron chi connectivity index (χ3n) is 5.38. The summed E-state index contributed by atoms with van der Waals surface area (Å²) in [6.07, 6.45) is -0.437. The van der Waals surface area contributed by atoms with E-state index in [1.165, 1.54) is 11.9 Å². The summed E-state index contributed by atoms with van der Waals surface area (Å²) in [7, 11) is 1.52. The van der Waals surface area contributed by atoms with Gasteiger partial charge in [-0.15, -0.1) is 0 Å². The Morgan fingerprint density at radius 2 is 1.63 bits per heavy atom. The first-order chi connectivity index (χ1) is 14.4. The summed E-state index contributed by atoms with van der Waals surface area (Å²) < 4.78 is 5.49. The van der Waals surface area contributed by atoms with Crippen molar-refractivity contribution in [3.8, 4) is 11.1 Å². The average Bonchev–Trinajstić information content (AvgIpc) is 3.07. The maximum Gasteiger partial charge on any atom is 0.407 e. The van der Waals surface area contributed by atoms with Crippen LogP contribution in [-0.2, 0) is 14.3 Å². The number of carboxylic acid groups (broad SMARTS) is 1. The van der Waals surface area contributed by atoms with Gasteiger partial charge in [-0.2, -0.15) is 0 Å².